The number of rotatable bonds is 3. The average Bonchev–Trinajstić information content (AvgIpc) is 2.64. The molecule has 0 saturated carbocycles. The zero-order chi connectivity index (χ0) is 11.5. The highest BCUT2D eigenvalue weighted by molar-refractivity contribution is 5.85. The summed E-state index contributed by atoms with van der Waals surface area (Å²) in [7, 11) is 0. The van der Waals surface area contributed by atoms with E-state index < -0.39 is 0 Å². The maximum atomic E-state index is 5.81. The minimum absolute atomic E-state index is 0.207. The monoisotopic (exact) mass is 217 g/mol. The lowest BCUT2D eigenvalue weighted by Crippen LogP contribution is -2.18. The fourth-order valence-corrected chi connectivity index (χ4v) is 1.98. The first kappa shape index (κ1) is 11.1. The summed E-state index contributed by atoms with van der Waals surface area (Å²) in [6, 6.07) is 8.70. The topological polar surface area (TPSA) is 41.6 Å². The summed E-state index contributed by atoms with van der Waals surface area (Å²) in [4.78, 5) is 0. The Morgan fingerprint density at radius 2 is 2.31 bits per heavy atom. The molecular weight excluding hydrogens is 198 g/mol. The van der Waals surface area contributed by atoms with Crippen molar-refractivity contribution in [2.75, 3.05) is 11.6 Å². The number of nitrogens with two attached hydrogens (primary N) is 1. The number of hydrazone groups is 1. The molecule has 1 aliphatic heterocycles. The van der Waals surface area contributed by atoms with Gasteiger partial charge < -0.3 is 5.73 Å². The Labute approximate surface area is 96.9 Å². The summed E-state index contributed by atoms with van der Waals surface area (Å²) in [5.74, 6) is 0. The van der Waals surface area contributed by atoms with Crippen LogP contribution in [0.15, 0.2) is 29.4 Å². The molecule has 2 N–H and O–H groups in total. The Balaban J connectivity index is 2.16. The van der Waals surface area contributed by atoms with Crippen molar-refractivity contribution in [1.82, 2.24) is 0 Å². The molecule has 3 nitrogen and oxygen atoms in total. The minimum atomic E-state index is 0.207. The van der Waals surface area contributed by atoms with Crippen LogP contribution in [0.3, 0.4) is 0 Å². The van der Waals surface area contributed by atoms with Gasteiger partial charge in [0, 0.05) is 24.7 Å². The minimum Gasteiger partial charge on any atom is -0.328 e. The summed E-state index contributed by atoms with van der Waals surface area (Å²) in [6.45, 7) is 5.10. The predicted molar refractivity (Wildman–Crippen MR) is 68.9 cm³/mol. The van der Waals surface area contributed by atoms with E-state index in [0.717, 1.165) is 19.4 Å². The summed E-state index contributed by atoms with van der Waals surface area (Å²) in [5, 5.41) is 6.57. The largest absolute Gasteiger partial charge is 0.328 e. The van der Waals surface area contributed by atoms with Crippen molar-refractivity contribution < 1.29 is 0 Å². The molecule has 86 valence electrons. The van der Waals surface area contributed by atoms with Crippen LogP contribution in [0.5, 0.6) is 0 Å². The van der Waals surface area contributed by atoms with Crippen molar-refractivity contribution in [3.63, 3.8) is 0 Å². The van der Waals surface area contributed by atoms with Gasteiger partial charge >= 0.3 is 0 Å². The Kier molecular flexibility index (Phi) is 3.25. The third-order valence-electron chi connectivity index (χ3n) is 2.74. The Morgan fingerprint density at radius 3 is 2.94 bits per heavy atom. The Hall–Kier alpha value is -1.35. The maximum Gasteiger partial charge on any atom is 0.0596 e. The van der Waals surface area contributed by atoms with Gasteiger partial charge in [0.05, 0.1) is 5.69 Å². The highest BCUT2D eigenvalue weighted by atomic mass is 15.5. The van der Waals surface area contributed by atoms with Crippen LogP contribution in [0.2, 0.25) is 0 Å². The number of nitrogens with zero attached hydrogens (tertiary/aromatic N) is 2. The highest BCUT2D eigenvalue weighted by Crippen LogP contribution is 2.20. The molecule has 0 aromatic heterocycles. The molecule has 0 aliphatic carbocycles. The quantitative estimate of drug-likeness (QED) is 0.843. The molecule has 3 heteroatoms. The first-order valence-corrected chi connectivity index (χ1v) is 5.81. The molecule has 2 rings (SSSR count). The van der Waals surface area contributed by atoms with Gasteiger partial charge in [-0.1, -0.05) is 12.1 Å². The van der Waals surface area contributed by atoms with Gasteiger partial charge in [-0.15, -0.1) is 0 Å². The zero-order valence-electron chi connectivity index (χ0n) is 9.98. The number of hydrogen-bond donors (Lipinski definition) is 1. The van der Waals surface area contributed by atoms with Gasteiger partial charge in [0.1, 0.15) is 0 Å². The van der Waals surface area contributed by atoms with Crippen LogP contribution in [-0.2, 0) is 6.42 Å². The molecule has 0 radical (unpaired) electrons. The molecule has 0 bridgehead atoms. The molecule has 1 aliphatic rings. The van der Waals surface area contributed by atoms with E-state index in [4.69, 9.17) is 5.73 Å². The smallest absolute Gasteiger partial charge is 0.0596 e. The second-order valence-corrected chi connectivity index (χ2v) is 4.56. The molecule has 0 amide bonds. The molecule has 16 heavy (non-hydrogen) atoms. The molecule has 1 aromatic carbocycles. The highest BCUT2D eigenvalue weighted by Gasteiger charge is 2.12. The SMILES string of the molecule is CC1=NN(c2cccc(CC(C)N)c2)CC1. The van der Waals surface area contributed by atoms with Crippen LogP contribution >= 0.6 is 0 Å². The Bertz CT molecular complexity index is 396. The van der Waals surface area contributed by atoms with Crippen LogP contribution in [0.1, 0.15) is 25.8 Å². The fraction of sp³-hybridized carbons (Fsp3) is 0.462. The summed E-state index contributed by atoms with van der Waals surface area (Å²) >= 11 is 0. The van der Waals surface area contributed by atoms with Gasteiger partial charge in [-0.05, 0) is 38.0 Å². The van der Waals surface area contributed by atoms with E-state index in [9.17, 15) is 0 Å². The van der Waals surface area contributed by atoms with Gasteiger partial charge in [0.15, 0.2) is 0 Å². The van der Waals surface area contributed by atoms with Gasteiger partial charge in [-0.25, -0.2) is 0 Å². The van der Waals surface area contributed by atoms with Crippen molar-refractivity contribution in [3.8, 4) is 0 Å². The predicted octanol–water partition coefficient (Wildman–Crippen LogP) is 2.16. The maximum absolute atomic E-state index is 5.81. The third-order valence-corrected chi connectivity index (χ3v) is 2.74. The lowest BCUT2D eigenvalue weighted by molar-refractivity contribution is 0.737. The summed E-state index contributed by atoms with van der Waals surface area (Å²) < 4.78 is 0. The van der Waals surface area contributed by atoms with Crippen molar-refractivity contribution in [3.05, 3.63) is 29.8 Å². The molecular formula is C13H19N3. The van der Waals surface area contributed by atoms with Crippen molar-refractivity contribution in [2.45, 2.75) is 32.7 Å². The van der Waals surface area contributed by atoms with Crippen LogP contribution in [0.25, 0.3) is 0 Å². The van der Waals surface area contributed by atoms with E-state index in [-0.39, 0.29) is 6.04 Å². The second kappa shape index (κ2) is 4.66. The first-order chi connectivity index (χ1) is 7.65. The molecule has 1 heterocycles. The van der Waals surface area contributed by atoms with E-state index in [1.807, 2.05) is 6.92 Å². The lowest BCUT2D eigenvalue weighted by atomic mass is 10.1. The number of benzene rings is 1. The Morgan fingerprint density at radius 1 is 1.50 bits per heavy atom. The standard InChI is InChI=1S/C13H19N3/c1-10(14)8-12-4-3-5-13(9-12)16-7-6-11(2)15-16/h3-5,9-10H,6-8,14H2,1-2H3. The molecule has 0 spiro atoms. The van der Waals surface area contributed by atoms with Crippen LogP contribution in [0, 0.1) is 0 Å². The third kappa shape index (κ3) is 2.61. The molecule has 0 saturated heterocycles. The van der Waals surface area contributed by atoms with E-state index in [1.165, 1.54) is 17.0 Å². The van der Waals surface area contributed by atoms with Gasteiger partial charge in [-0.3, -0.25) is 5.01 Å². The lowest BCUT2D eigenvalue weighted by Gasteiger charge is -2.15. The number of anilines is 1. The zero-order valence-corrected chi connectivity index (χ0v) is 9.98. The first-order valence-electron chi connectivity index (χ1n) is 5.81. The van der Waals surface area contributed by atoms with Crippen LogP contribution in [0.4, 0.5) is 5.69 Å². The van der Waals surface area contributed by atoms with E-state index in [1.54, 1.807) is 0 Å². The van der Waals surface area contributed by atoms with Crippen LogP contribution in [-0.4, -0.2) is 18.3 Å². The second-order valence-electron chi connectivity index (χ2n) is 4.56. The van der Waals surface area contributed by atoms with Crippen molar-refractivity contribution in [2.24, 2.45) is 10.8 Å². The normalized spacial score (nSPS) is 17.4. The van der Waals surface area contributed by atoms with E-state index in [2.05, 4.69) is 41.3 Å². The number of hydrogen-bond acceptors (Lipinski definition) is 3. The van der Waals surface area contributed by atoms with Crippen molar-refractivity contribution >= 4 is 11.4 Å². The molecule has 1 atom stereocenters. The molecule has 0 fully saturated rings. The fourth-order valence-electron chi connectivity index (χ4n) is 1.98. The van der Waals surface area contributed by atoms with Crippen molar-refractivity contribution in [1.29, 1.82) is 0 Å². The van der Waals surface area contributed by atoms with Gasteiger partial charge in [0.2, 0.25) is 0 Å². The molecule has 1 aromatic rings. The van der Waals surface area contributed by atoms with Gasteiger partial charge in [0.25, 0.3) is 0 Å². The molecule has 1 unspecified atom stereocenters. The van der Waals surface area contributed by atoms with Gasteiger partial charge in [-0.2, -0.15) is 5.10 Å². The average molecular weight is 217 g/mol. The van der Waals surface area contributed by atoms with E-state index in [0.29, 0.717) is 0 Å². The van der Waals surface area contributed by atoms with Crippen LogP contribution < -0.4 is 10.7 Å². The summed E-state index contributed by atoms with van der Waals surface area (Å²) in [6.07, 6.45) is 1.99. The summed E-state index contributed by atoms with van der Waals surface area (Å²) in [5.41, 5.74) is 9.48. The van der Waals surface area contributed by atoms with E-state index >= 15 is 0 Å².